The highest BCUT2D eigenvalue weighted by atomic mass is 16.1. The summed E-state index contributed by atoms with van der Waals surface area (Å²) in [5.41, 5.74) is 2.64. The molecule has 108 valence electrons. The van der Waals surface area contributed by atoms with Gasteiger partial charge in [0.05, 0.1) is 0 Å². The van der Waals surface area contributed by atoms with Crippen molar-refractivity contribution >= 4 is 11.6 Å². The maximum Gasteiger partial charge on any atom is 0.161 e. The molecule has 0 aromatic heterocycles. The number of hydrogen-bond acceptors (Lipinski definition) is 3. The summed E-state index contributed by atoms with van der Waals surface area (Å²) in [4.78, 5) is 23.5. The smallest absolute Gasteiger partial charge is 0.161 e. The van der Waals surface area contributed by atoms with Crippen LogP contribution in [0.2, 0.25) is 0 Å². The van der Waals surface area contributed by atoms with Crippen LogP contribution in [0.1, 0.15) is 20.8 Å². The largest absolute Gasteiger partial charge is 0.376 e. The average molecular weight is 273 g/mol. The van der Waals surface area contributed by atoms with E-state index in [0.29, 0.717) is 5.57 Å². The molecule has 1 aliphatic heterocycles. The third-order valence-electron chi connectivity index (χ3n) is 2.59. The van der Waals surface area contributed by atoms with Crippen molar-refractivity contribution < 1.29 is 9.59 Å². The van der Waals surface area contributed by atoms with Gasteiger partial charge in [-0.05, 0) is 26.8 Å². The van der Waals surface area contributed by atoms with Crippen LogP contribution in [-0.2, 0) is 9.59 Å². The quantitative estimate of drug-likeness (QED) is 0.583. The highest BCUT2D eigenvalue weighted by Gasteiger charge is 2.08. The Kier molecular flexibility index (Phi) is 7.90. The van der Waals surface area contributed by atoms with Crippen molar-refractivity contribution in [3.8, 4) is 0 Å². The van der Waals surface area contributed by atoms with Crippen molar-refractivity contribution in [2.45, 2.75) is 20.8 Å². The number of Topliss-reactive ketones (excluding diaryl/α,β-unsaturated/α-hetero) is 2. The minimum absolute atomic E-state index is 0.0184. The van der Waals surface area contributed by atoms with Crippen LogP contribution in [-0.4, -0.2) is 30.1 Å². The predicted molar refractivity (Wildman–Crippen MR) is 84.3 cm³/mol. The molecule has 0 aromatic carbocycles. The zero-order valence-electron chi connectivity index (χ0n) is 12.8. The van der Waals surface area contributed by atoms with Gasteiger partial charge >= 0.3 is 0 Å². The topological polar surface area (TPSA) is 37.4 Å². The fraction of sp³-hybridized carbons (Fsp3) is 0.294. The van der Waals surface area contributed by atoms with Crippen molar-refractivity contribution in [1.29, 1.82) is 0 Å². The van der Waals surface area contributed by atoms with E-state index in [9.17, 15) is 9.59 Å². The van der Waals surface area contributed by atoms with Gasteiger partial charge < -0.3 is 4.90 Å². The predicted octanol–water partition coefficient (Wildman–Crippen LogP) is 3.22. The lowest BCUT2D eigenvalue weighted by Gasteiger charge is -2.20. The summed E-state index contributed by atoms with van der Waals surface area (Å²) in [7, 11) is 1.97. The molecule has 0 spiro atoms. The first kappa shape index (κ1) is 17.8. The molecule has 0 bridgehead atoms. The van der Waals surface area contributed by atoms with Crippen molar-refractivity contribution in [3.05, 3.63) is 60.4 Å². The Hall–Kier alpha value is -2.16. The third kappa shape index (κ3) is 6.69. The molecule has 1 rings (SSSR count). The number of allylic oxidation sites excluding steroid dienone is 6. The second-order valence-electron chi connectivity index (χ2n) is 4.66. The van der Waals surface area contributed by atoms with Crippen LogP contribution in [0, 0.1) is 0 Å². The van der Waals surface area contributed by atoms with Crippen LogP contribution < -0.4 is 0 Å². The summed E-state index contributed by atoms with van der Waals surface area (Å²) < 4.78 is 0. The number of nitrogens with zero attached hydrogens (tertiary/aromatic N) is 1. The van der Waals surface area contributed by atoms with Gasteiger partial charge in [0.1, 0.15) is 0 Å². The van der Waals surface area contributed by atoms with E-state index in [0.717, 1.165) is 12.1 Å². The van der Waals surface area contributed by atoms with Gasteiger partial charge in [0.15, 0.2) is 11.6 Å². The summed E-state index contributed by atoms with van der Waals surface area (Å²) in [5, 5.41) is 0. The normalized spacial score (nSPS) is 14.4. The van der Waals surface area contributed by atoms with Crippen LogP contribution >= 0.6 is 0 Å². The molecular formula is C17H23NO2. The number of hydrogen-bond donors (Lipinski definition) is 0. The maximum atomic E-state index is 11.0. The minimum atomic E-state index is 0.0184. The van der Waals surface area contributed by atoms with Crippen LogP contribution in [0.25, 0.3) is 0 Å². The summed E-state index contributed by atoms with van der Waals surface area (Å²) in [6.07, 6.45) is 8.55. The molecule has 0 N–H and O–H groups in total. The van der Waals surface area contributed by atoms with Gasteiger partial charge in [0, 0.05) is 30.9 Å². The van der Waals surface area contributed by atoms with E-state index in [1.165, 1.54) is 18.6 Å². The van der Waals surface area contributed by atoms with Crippen LogP contribution in [0.15, 0.2) is 60.4 Å². The summed E-state index contributed by atoms with van der Waals surface area (Å²) in [6.45, 7) is 13.0. The van der Waals surface area contributed by atoms with Crippen LogP contribution in [0.5, 0.6) is 0 Å². The molecule has 0 saturated heterocycles. The molecule has 0 unspecified atom stereocenters. The molecule has 3 heteroatoms. The van der Waals surface area contributed by atoms with Gasteiger partial charge in [-0.25, -0.2) is 0 Å². The first-order valence-corrected chi connectivity index (χ1v) is 6.38. The van der Waals surface area contributed by atoms with Crippen molar-refractivity contribution in [1.82, 2.24) is 4.90 Å². The Balaban J connectivity index is 0.000000370. The molecule has 20 heavy (non-hydrogen) atoms. The molecular weight excluding hydrogens is 250 g/mol. The Morgan fingerprint density at radius 2 is 1.90 bits per heavy atom. The molecule has 0 amide bonds. The van der Waals surface area contributed by atoms with Crippen molar-refractivity contribution in [2.24, 2.45) is 0 Å². The summed E-state index contributed by atoms with van der Waals surface area (Å²) in [5.74, 6) is 0.154. The SMILES string of the molecule is C=C/C=C(\C=C)C(C)=O.CC(=O)C1=CN(C)CC(C)=C1. The molecule has 0 aromatic rings. The van der Waals surface area contributed by atoms with E-state index in [4.69, 9.17) is 0 Å². The van der Waals surface area contributed by atoms with E-state index in [1.54, 1.807) is 19.1 Å². The average Bonchev–Trinajstić information content (AvgIpc) is 2.35. The summed E-state index contributed by atoms with van der Waals surface area (Å²) >= 11 is 0. The number of likely N-dealkylation sites (N-methyl/N-ethyl adjacent to an activating group) is 1. The standard InChI is InChI=1S/C9H13NO.C8H10O/c1-7-4-9(8(2)11)6-10(3)5-7;1-4-6-8(5-2)7(3)9/h4,6H,5H2,1-3H3;4-6H,1-2H2,3H3/b;8-6+. The van der Waals surface area contributed by atoms with Gasteiger partial charge in [-0.15, -0.1) is 0 Å². The zero-order chi connectivity index (χ0) is 15.7. The van der Waals surface area contributed by atoms with Gasteiger partial charge in [-0.1, -0.05) is 37.0 Å². The number of carbonyl (C=O) groups is 2. The van der Waals surface area contributed by atoms with Gasteiger partial charge in [0.2, 0.25) is 0 Å². The van der Waals surface area contributed by atoms with Crippen LogP contribution in [0.4, 0.5) is 0 Å². The lowest BCUT2D eigenvalue weighted by Crippen LogP contribution is -2.19. The number of rotatable bonds is 4. The fourth-order valence-electron chi connectivity index (χ4n) is 1.67. The molecule has 1 aliphatic rings. The Morgan fingerprint density at radius 3 is 2.20 bits per heavy atom. The Bertz CT molecular complexity index is 493. The zero-order valence-corrected chi connectivity index (χ0v) is 12.8. The van der Waals surface area contributed by atoms with E-state index in [-0.39, 0.29) is 11.6 Å². The molecule has 3 nitrogen and oxygen atoms in total. The molecule has 0 aliphatic carbocycles. The summed E-state index contributed by atoms with van der Waals surface area (Å²) in [6, 6.07) is 0. The molecule has 0 saturated carbocycles. The highest BCUT2D eigenvalue weighted by molar-refractivity contribution is 5.96. The van der Waals surface area contributed by atoms with Crippen molar-refractivity contribution in [2.75, 3.05) is 13.6 Å². The Morgan fingerprint density at radius 1 is 1.30 bits per heavy atom. The first-order valence-electron chi connectivity index (χ1n) is 6.38. The van der Waals surface area contributed by atoms with Crippen molar-refractivity contribution in [3.63, 3.8) is 0 Å². The van der Waals surface area contributed by atoms with E-state index < -0.39 is 0 Å². The minimum Gasteiger partial charge on any atom is -0.376 e. The monoisotopic (exact) mass is 273 g/mol. The van der Waals surface area contributed by atoms with E-state index in [1.807, 2.05) is 31.1 Å². The Labute approximate surface area is 121 Å². The molecule has 0 atom stereocenters. The number of carbonyl (C=O) groups excluding carboxylic acids is 2. The van der Waals surface area contributed by atoms with Gasteiger partial charge in [0.25, 0.3) is 0 Å². The molecule has 0 radical (unpaired) electrons. The second kappa shape index (κ2) is 8.86. The van der Waals surface area contributed by atoms with Gasteiger partial charge in [-0.3, -0.25) is 9.59 Å². The first-order chi connectivity index (χ1) is 9.31. The molecule has 1 heterocycles. The number of ketones is 2. The lowest BCUT2D eigenvalue weighted by atomic mass is 10.1. The second-order valence-corrected chi connectivity index (χ2v) is 4.66. The maximum absolute atomic E-state index is 11.0. The van der Waals surface area contributed by atoms with E-state index >= 15 is 0 Å². The lowest BCUT2D eigenvalue weighted by molar-refractivity contribution is -0.114. The van der Waals surface area contributed by atoms with Crippen LogP contribution in [0.3, 0.4) is 0 Å². The highest BCUT2D eigenvalue weighted by Crippen LogP contribution is 2.11. The fourth-order valence-corrected chi connectivity index (χ4v) is 1.67. The van der Waals surface area contributed by atoms with Gasteiger partial charge in [-0.2, -0.15) is 0 Å². The van der Waals surface area contributed by atoms with E-state index in [2.05, 4.69) is 13.2 Å². The molecule has 0 fully saturated rings. The third-order valence-corrected chi connectivity index (χ3v) is 2.59.